The molecule has 1 N–H and O–H groups in total. The summed E-state index contributed by atoms with van der Waals surface area (Å²) < 4.78 is 5.54. The number of ether oxygens (including phenoxy) is 1. The van der Waals surface area contributed by atoms with Gasteiger partial charge < -0.3 is 10.1 Å². The van der Waals surface area contributed by atoms with Gasteiger partial charge in [-0.15, -0.1) is 0 Å². The van der Waals surface area contributed by atoms with Gasteiger partial charge in [-0.1, -0.05) is 36.8 Å². The molecule has 0 spiro atoms. The predicted molar refractivity (Wildman–Crippen MR) is 87.2 cm³/mol. The minimum absolute atomic E-state index is 0.0168. The highest BCUT2D eigenvalue weighted by Gasteiger charge is 2.19. The highest BCUT2D eigenvalue weighted by atomic mass is 16.5. The third kappa shape index (κ3) is 6.53. The Hall–Kier alpha value is -0.860. The van der Waals surface area contributed by atoms with Crippen LogP contribution in [0.1, 0.15) is 44.7 Å². The average Bonchev–Trinajstić information content (AvgIpc) is 2.42. The van der Waals surface area contributed by atoms with Crippen molar-refractivity contribution in [3.05, 3.63) is 35.4 Å². The van der Waals surface area contributed by atoms with Crippen LogP contribution in [-0.2, 0) is 11.2 Å². The lowest BCUT2D eigenvalue weighted by Crippen LogP contribution is -2.28. The van der Waals surface area contributed by atoms with Crippen molar-refractivity contribution in [3.63, 3.8) is 0 Å². The Kier molecular flexibility index (Phi) is 7.25. The van der Waals surface area contributed by atoms with Gasteiger partial charge in [0.1, 0.15) is 0 Å². The summed E-state index contributed by atoms with van der Waals surface area (Å²) >= 11 is 0. The molecule has 1 aromatic rings. The van der Waals surface area contributed by atoms with Crippen LogP contribution in [0.2, 0.25) is 0 Å². The Balaban J connectivity index is 2.59. The molecule has 114 valence electrons. The molecule has 0 aromatic heterocycles. The molecular formula is C18H31NO. The van der Waals surface area contributed by atoms with Crippen molar-refractivity contribution in [1.29, 1.82) is 0 Å². The second-order valence-electron chi connectivity index (χ2n) is 6.37. The van der Waals surface area contributed by atoms with Gasteiger partial charge in [0, 0.05) is 7.11 Å². The quantitative estimate of drug-likeness (QED) is 0.737. The maximum atomic E-state index is 5.54. The number of hydrogen-bond acceptors (Lipinski definition) is 2. The third-order valence-electron chi connectivity index (χ3n) is 4.00. The van der Waals surface area contributed by atoms with E-state index in [9.17, 15) is 0 Å². The van der Waals surface area contributed by atoms with E-state index in [4.69, 9.17) is 4.74 Å². The first kappa shape index (κ1) is 17.2. The maximum Gasteiger partial charge on any atom is 0.0622 e. The highest BCUT2D eigenvalue weighted by Crippen LogP contribution is 2.22. The number of hydrogen-bond donors (Lipinski definition) is 1. The smallest absolute Gasteiger partial charge is 0.0622 e. The van der Waals surface area contributed by atoms with Gasteiger partial charge in [-0.05, 0) is 64.6 Å². The molecule has 0 heterocycles. The molecule has 1 aromatic carbocycles. The zero-order valence-electron chi connectivity index (χ0n) is 13.8. The standard InChI is InChI=1S/C18H31NO/c1-6-19-14-17(10-11-18(3,4)20-5)13-16-9-7-8-15(2)12-16/h7-9,12,17,19H,6,10-11,13-14H2,1-5H3. The fraction of sp³-hybridized carbons (Fsp3) is 0.667. The van der Waals surface area contributed by atoms with Crippen molar-refractivity contribution >= 4 is 0 Å². The van der Waals surface area contributed by atoms with E-state index in [2.05, 4.69) is 57.3 Å². The van der Waals surface area contributed by atoms with Crippen LogP contribution in [0.25, 0.3) is 0 Å². The van der Waals surface area contributed by atoms with E-state index in [1.807, 2.05) is 0 Å². The molecule has 1 atom stereocenters. The summed E-state index contributed by atoms with van der Waals surface area (Å²) in [6, 6.07) is 8.87. The molecule has 0 bridgehead atoms. The van der Waals surface area contributed by atoms with Crippen LogP contribution in [-0.4, -0.2) is 25.8 Å². The Labute approximate surface area is 124 Å². The van der Waals surface area contributed by atoms with Gasteiger partial charge >= 0.3 is 0 Å². The van der Waals surface area contributed by atoms with Crippen molar-refractivity contribution in [1.82, 2.24) is 5.32 Å². The fourth-order valence-corrected chi connectivity index (χ4v) is 2.45. The molecule has 0 amide bonds. The van der Waals surface area contributed by atoms with Gasteiger partial charge in [0.15, 0.2) is 0 Å². The van der Waals surface area contributed by atoms with E-state index in [-0.39, 0.29) is 5.60 Å². The van der Waals surface area contributed by atoms with Crippen molar-refractivity contribution in [2.45, 2.75) is 52.6 Å². The summed E-state index contributed by atoms with van der Waals surface area (Å²) in [5.74, 6) is 0.672. The molecule has 1 unspecified atom stereocenters. The van der Waals surface area contributed by atoms with Crippen molar-refractivity contribution in [3.8, 4) is 0 Å². The number of benzene rings is 1. The third-order valence-corrected chi connectivity index (χ3v) is 4.00. The van der Waals surface area contributed by atoms with Gasteiger partial charge in [0.2, 0.25) is 0 Å². The normalized spacial score (nSPS) is 13.4. The molecule has 0 saturated carbocycles. The van der Waals surface area contributed by atoms with E-state index in [0.29, 0.717) is 5.92 Å². The topological polar surface area (TPSA) is 21.3 Å². The predicted octanol–water partition coefficient (Wildman–Crippen LogP) is 3.97. The molecule has 0 fully saturated rings. The minimum atomic E-state index is -0.0168. The Morgan fingerprint density at radius 2 is 2.05 bits per heavy atom. The monoisotopic (exact) mass is 277 g/mol. The molecular weight excluding hydrogens is 246 g/mol. The van der Waals surface area contributed by atoms with E-state index in [1.165, 1.54) is 17.5 Å². The lowest BCUT2D eigenvalue weighted by molar-refractivity contribution is 0.0104. The summed E-state index contributed by atoms with van der Waals surface area (Å²) in [6.07, 6.45) is 3.45. The maximum absolute atomic E-state index is 5.54. The summed E-state index contributed by atoms with van der Waals surface area (Å²) in [5, 5.41) is 3.50. The zero-order chi connectivity index (χ0) is 15.0. The molecule has 2 heteroatoms. The largest absolute Gasteiger partial charge is 0.379 e. The van der Waals surface area contributed by atoms with Crippen LogP contribution in [0.15, 0.2) is 24.3 Å². The van der Waals surface area contributed by atoms with Crippen molar-refractivity contribution in [2.75, 3.05) is 20.2 Å². The molecule has 20 heavy (non-hydrogen) atoms. The van der Waals surface area contributed by atoms with Gasteiger partial charge in [0.25, 0.3) is 0 Å². The second kappa shape index (κ2) is 8.43. The SMILES string of the molecule is CCNCC(CCC(C)(C)OC)Cc1cccc(C)c1. The van der Waals surface area contributed by atoms with Gasteiger partial charge in [-0.3, -0.25) is 0 Å². The van der Waals surface area contributed by atoms with Crippen LogP contribution in [0.4, 0.5) is 0 Å². The van der Waals surface area contributed by atoms with Crippen molar-refractivity contribution in [2.24, 2.45) is 5.92 Å². The molecule has 0 saturated heterocycles. The minimum Gasteiger partial charge on any atom is -0.379 e. The van der Waals surface area contributed by atoms with Crippen LogP contribution < -0.4 is 5.32 Å². The van der Waals surface area contributed by atoms with Gasteiger partial charge in [0.05, 0.1) is 5.60 Å². The number of aryl methyl sites for hydroxylation is 1. The van der Waals surface area contributed by atoms with Gasteiger partial charge in [-0.25, -0.2) is 0 Å². The molecule has 1 rings (SSSR count). The number of rotatable bonds is 9. The lowest BCUT2D eigenvalue weighted by atomic mass is 9.89. The first-order chi connectivity index (χ1) is 9.46. The number of nitrogens with one attached hydrogen (secondary N) is 1. The molecule has 0 aliphatic heterocycles. The molecule has 2 nitrogen and oxygen atoms in total. The van der Waals surface area contributed by atoms with E-state index < -0.39 is 0 Å². The van der Waals surface area contributed by atoms with Crippen LogP contribution in [0.5, 0.6) is 0 Å². The van der Waals surface area contributed by atoms with Gasteiger partial charge in [-0.2, -0.15) is 0 Å². The Morgan fingerprint density at radius 3 is 2.65 bits per heavy atom. The van der Waals surface area contributed by atoms with Crippen LogP contribution in [0.3, 0.4) is 0 Å². The molecule has 0 aliphatic carbocycles. The van der Waals surface area contributed by atoms with Crippen molar-refractivity contribution < 1.29 is 4.74 Å². The lowest BCUT2D eigenvalue weighted by Gasteiger charge is -2.26. The van der Waals surface area contributed by atoms with E-state index in [1.54, 1.807) is 7.11 Å². The summed E-state index contributed by atoms with van der Waals surface area (Å²) in [5.41, 5.74) is 2.78. The summed E-state index contributed by atoms with van der Waals surface area (Å²) in [6.45, 7) is 10.8. The summed E-state index contributed by atoms with van der Waals surface area (Å²) in [4.78, 5) is 0. The van der Waals surface area contributed by atoms with E-state index in [0.717, 1.165) is 25.9 Å². The van der Waals surface area contributed by atoms with Crippen LogP contribution in [0, 0.1) is 12.8 Å². The fourth-order valence-electron chi connectivity index (χ4n) is 2.45. The first-order valence-electron chi connectivity index (χ1n) is 7.78. The first-order valence-corrected chi connectivity index (χ1v) is 7.78. The Bertz CT molecular complexity index is 387. The average molecular weight is 277 g/mol. The summed E-state index contributed by atoms with van der Waals surface area (Å²) in [7, 11) is 1.81. The van der Waals surface area contributed by atoms with Crippen LogP contribution >= 0.6 is 0 Å². The zero-order valence-corrected chi connectivity index (χ0v) is 13.8. The van der Waals surface area contributed by atoms with E-state index >= 15 is 0 Å². The molecule has 0 radical (unpaired) electrons. The number of methoxy groups -OCH3 is 1. The Morgan fingerprint density at radius 1 is 1.30 bits per heavy atom. The highest BCUT2D eigenvalue weighted by molar-refractivity contribution is 5.22. The second-order valence-corrected chi connectivity index (χ2v) is 6.37. The molecule has 0 aliphatic rings.